The van der Waals surface area contributed by atoms with Gasteiger partial charge in [0.25, 0.3) is 0 Å². The zero-order valence-corrected chi connectivity index (χ0v) is 11.8. The van der Waals surface area contributed by atoms with Crippen LogP contribution in [0.4, 0.5) is 5.69 Å². The van der Waals surface area contributed by atoms with Crippen molar-refractivity contribution in [2.75, 3.05) is 5.73 Å². The highest BCUT2D eigenvalue weighted by Gasteiger charge is 2.17. The van der Waals surface area contributed by atoms with Gasteiger partial charge in [0, 0.05) is 16.2 Å². The molecule has 4 heteroatoms. The third kappa shape index (κ3) is 2.52. The van der Waals surface area contributed by atoms with Crippen LogP contribution in [0.3, 0.4) is 0 Å². The van der Waals surface area contributed by atoms with Gasteiger partial charge in [0.1, 0.15) is 5.69 Å². The molecule has 2 rings (SSSR count). The van der Waals surface area contributed by atoms with E-state index in [9.17, 15) is 0 Å². The van der Waals surface area contributed by atoms with Crippen LogP contribution in [0.5, 0.6) is 0 Å². The van der Waals surface area contributed by atoms with Crippen LogP contribution < -0.4 is 5.73 Å². The number of aromatic nitrogens is 2. The molecule has 0 aliphatic carbocycles. The summed E-state index contributed by atoms with van der Waals surface area (Å²) in [7, 11) is 0. The minimum Gasteiger partial charge on any atom is -0.396 e. The Balaban J connectivity index is 2.50. The Morgan fingerprint density at radius 2 is 2.00 bits per heavy atom. The van der Waals surface area contributed by atoms with E-state index in [1.54, 1.807) is 0 Å². The smallest absolute Gasteiger partial charge is 0.115 e. The molecule has 0 fully saturated rings. The molecule has 0 atom stereocenters. The summed E-state index contributed by atoms with van der Waals surface area (Å²) in [5.74, 6) is 0. The summed E-state index contributed by atoms with van der Waals surface area (Å²) in [5.41, 5.74) is 8.53. The van der Waals surface area contributed by atoms with Crippen LogP contribution in [0.25, 0.3) is 11.3 Å². The van der Waals surface area contributed by atoms with Crippen molar-refractivity contribution in [1.29, 1.82) is 0 Å². The molecule has 1 aromatic heterocycles. The number of nitrogens with two attached hydrogens (primary N) is 1. The van der Waals surface area contributed by atoms with E-state index in [2.05, 4.69) is 41.8 Å². The quantitative estimate of drug-likeness (QED) is 0.872. The summed E-state index contributed by atoms with van der Waals surface area (Å²) in [6, 6.07) is 8.00. The van der Waals surface area contributed by atoms with E-state index >= 15 is 0 Å². The molecule has 0 radical (unpaired) electrons. The van der Waals surface area contributed by atoms with E-state index < -0.39 is 0 Å². The summed E-state index contributed by atoms with van der Waals surface area (Å²) in [6.07, 6.45) is 1.89. The topological polar surface area (TPSA) is 43.8 Å². The van der Waals surface area contributed by atoms with Crippen LogP contribution in [0.1, 0.15) is 20.8 Å². The zero-order chi connectivity index (χ0) is 12.6. The van der Waals surface area contributed by atoms with Crippen LogP contribution in [0, 0.1) is 0 Å². The van der Waals surface area contributed by atoms with Gasteiger partial charge in [-0.25, -0.2) is 0 Å². The second-order valence-electron chi connectivity index (χ2n) is 5.06. The van der Waals surface area contributed by atoms with Gasteiger partial charge in [0.05, 0.1) is 11.2 Å². The number of hydrogen-bond acceptors (Lipinski definition) is 2. The Bertz CT molecular complexity index is 538. The van der Waals surface area contributed by atoms with Crippen molar-refractivity contribution in [3.63, 3.8) is 0 Å². The maximum atomic E-state index is 6.02. The lowest BCUT2D eigenvalue weighted by Crippen LogP contribution is -2.22. The van der Waals surface area contributed by atoms with E-state index in [4.69, 9.17) is 5.73 Å². The second kappa shape index (κ2) is 4.18. The molecule has 0 bridgehead atoms. The first kappa shape index (κ1) is 12.2. The Kier molecular flexibility index (Phi) is 3.00. The van der Waals surface area contributed by atoms with Crippen molar-refractivity contribution in [1.82, 2.24) is 9.78 Å². The molecule has 2 N–H and O–H groups in total. The van der Waals surface area contributed by atoms with E-state index in [0.717, 1.165) is 15.7 Å². The highest BCUT2D eigenvalue weighted by molar-refractivity contribution is 9.10. The Morgan fingerprint density at radius 3 is 2.53 bits per heavy atom. The molecule has 0 unspecified atom stereocenters. The Labute approximate surface area is 110 Å². The first-order valence-electron chi connectivity index (χ1n) is 5.49. The minimum atomic E-state index is -0.0572. The van der Waals surface area contributed by atoms with Gasteiger partial charge in [-0.2, -0.15) is 5.10 Å². The molecule has 0 amide bonds. The fourth-order valence-corrected chi connectivity index (χ4v) is 1.99. The lowest BCUT2D eigenvalue weighted by atomic mass is 10.1. The number of rotatable bonds is 1. The molecule has 0 aliphatic rings. The van der Waals surface area contributed by atoms with Crippen LogP contribution in [-0.4, -0.2) is 9.78 Å². The summed E-state index contributed by atoms with van der Waals surface area (Å²) in [5, 5.41) is 4.56. The summed E-state index contributed by atoms with van der Waals surface area (Å²) < 4.78 is 2.93. The standard InChI is InChI=1S/C13H16BrN3/c1-13(2,3)17-8-11(15)12(16-17)9-5-4-6-10(14)7-9/h4-8H,15H2,1-3H3. The largest absolute Gasteiger partial charge is 0.396 e. The Hall–Kier alpha value is -1.29. The molecule has 1 heterocycles. The summed E-state index contributed by atoms with van der Waals surface area (Å²) >= 11 is 3.45. The van der Waals surface area contributed by atoms with E-state index in [0.29, 0.717) is 5.69 Å². The van der Waals surface area contributed by atoms with Crippen molar-refractivity contribution in [3.8, 4) is 11.3 Å². The molecule has 0 spiro atoms. The first-order chi connectivity index (χ1) is 7.88. The predicted molar refractivity (Wildman–Crippen MR) is 74.8 cm³/mol. The molecular formula is C13H16BrN3. The van der Waals surface area contributed by atoms with Gasteiger partial charge in [-0.05, 0) is 32.9 Å². The highest BCUT2D eigenvalue weighted by atomic mass is 79.9. The number of halogens is 1. The number of anilines is 1. The molecule has 3 nitrogen and oxygen atoms in total. The fraction of sp³-hybridized carbons (Fsp3) is 0.308. The molecular weight excluding hydrogens is 278 g/mol. The minimum absolute atomic E-state index is 0.0572. The average molecular weight is 294 g/mol. The maximum Gasteiger partial charge on any atom is 0.115 e. The molecule has 0 saturated carbocycles. The van der Waals surface area contributed by atoms with Gasteiger partial charge in [-0.15, -0.1) is 0 Å². The lowest BCUT2D eigenvalue weighted by Gasteiger charge is -2.18. The first-order valence-corrected chi connectivity index (χ1v) is 6.29. The SMILES string of the molecule is CC(C)(C)n1cc(N)c(-c2cccc(Br)c2)n1. The summed E-state index contributed by atoms with van der Waals surface area (Å²) in [6.45, 7) is 6.30. The lowest BCUT2D eigenvalue weighted by molar-refractivity contribution is 0.356. The van der Waals surface area contributed by atoms with E-state index in [-0.39, 0.29) is 5.54 Å². The summed E-state index contributed by atoms with van der Waals surface area (Å²) in [4.78, 5) is 0. The van der Waals surface area contributed by atoms with Crippen LogP contribution >= 0.6 is 15.9 Å². The average Bonchev–Trinajstić information content (AvgIpc) is 2.60. The molecule has 17 heavy (non-hydrogen) atoms. The van der Waals surface area contributed by atoms with E-state index in [1.807, 2.05) is 35.1 Å². The number of benzene rings is 1. The Morgan fingerprint density at radius 1 is 1.29 bits per heavy atom. The van der Waals surface area contributed by atoms with Gasteiger partial charge in [0.15, 0.2) is 0 Å². The van der Waals surface area contributed by atoms with Crippen molar-refractivity contribution in [2.24, 2.45) is 0 Å². The molecule has 90 valence electrons. The maximum absolute atomic E-state index is 6.02. The monoisotopic (exact) mass is 293 g/mol. The third-order valence-corrected chi connectivity index (χ3v) is 3.02. The van der Waals surface area contributed by atoms with Gasteiger partial charge in [-0.3, -0.25) is 4.68 Å². The van der Waals surface area contributed by atoms with Crippen molar-refractivity contribution in [3.05, 3.63) is 34.9 Å². The fourth-order valence-electron chi connectivity index (χ4n) is 1.59. The number of nitrogen functional groups attached to an aromatic ring is 1. The normalized spacial score (nSPS) is 11.8. The van der Waals surface area contributed by atoms with Gasteiger partial charge in [0.2, 0.25) is 0 Å². The van der Waals surface area contributed by atoms with Crippen LogP contribution in [0.15, 0.2) is 34.9 Å². The molecule has 1 aromatic carbocycles. The second-order valence-corrected chi connectivity index (χ2v) is 5.97. The van der Waals surface area contributed by atoms with Gasteiger partial charge in [-0.1, -0.05) is 28.1 Å². The molecule has 0 aliphatic heterocycles. The van der Waals surface area contributed by atoms with E-state index in [1.165, 1.54) is 0 Å². The third-order valence-electron chi connectivity index (χ3n) is 2.53. The highest BCUT2D eigenvalue weighted by Crippen LogP contribution is 2.28. The van der Waals surface area contributed by atoms with Crippen LogP contribution in [0.2, 0.25) is 0 Å². The number of nitrogens with zero attached hydrogens (tertiary/aromatic N) is 2. The van der Waals surface area contributed by atoms with Gasteiger partial charge >= 0.3 is 0 Å². The molecule has 2 aromatic rings. The zero-order valence-electron chi connectivity index (χ0n) is 10.2. The number of hydrogen-bond donors (Lipinski definition) is 1. The van der Waals surface area contributed by atoms with Crippen molar-refractivity contribution < 1.29 is 0 Å². The van der Waals surface area contributed by atoms with Gasteiger partial charge < -0.3 is 5.73 Å². The predicted octanol–water partition coefficient (Wildman–Crippen LogP) is 3.65. The molecule has 0 saturated heterocycles. The van der Waals surface area contributed by atoms with Crippen LogP contribution in [-0.2, 0) is 5.54 Å². The van der Waals surface area contributed by atoms with Crippen molar-refractivity contribution >= 4 is 21.6 Å². The van der Waals surface area contributed by atoms with Crippen molar-refractivity contribution in [2.45, 2.75) is 26.3 Å².